The van der Waals surface area contributed by atoms with Crippen LogP contribution in [-0.4, -0.2) is 32.4 Å². The van der Waals surface area contributed by atoms with Gasteiger partial charge in [-0.2, -0.15) is 11.8 Å². The Morgan fingerprint density at radius 3 is 2.09 bits per heavy atom. The van der Waals surface area contributed by atoms with Gasteiger partial charge in [0.05, 0.1) is 4.90 Å². The number of hydrogen-bond acceptors (Lipinski definition) is 5. The van der Waals surface area contributed by atoms with E-state index in [1.54, 1.807) is 36.0 Å². The summed E-state index contributed by atoms with van der Waals surface area (Å²) >= 11 is 1.76. The smallest absolute Gasteiger partial charge is 0.251 e. The summed E-state index contributed by atoms with van der Waals surface area (Å²) < 4.78 is 27.5. The maximum absolute atomic E-state index is 12.5. The lowest BCUT2D eigenvalue weighted by Crippen LogP contribution is -2.26. The molecule has 2 N–H and O–H groups in total. The van der Waals surface area contributed by atoms with Gasteiger partial charge in [-0.25, -0.2) is 13.1 Å². The Kier molecular flexibility index (Phi) is 8.82. The van der Waals surface area contributed by atoms with E-state index in [2.05, 4.69) is 22.2 Å². The van der Waals surface area contributed by atoms with Gasteiger partial charge in [-0.3, -0.25) is 9.59 Å². The predicted octanol–water partition coefficient (Wildman–Crippen LogP) is 4.03. The highest BCUT2D eigenvalue weighted by atomic mass is 32.2. The molecule has 6 nitrogen and oxygen atoms in total. The average Bonchev–Trinajstić information content (AvgIpc) is 2.83. The summed E-state index contributed by atoms with van der Waals surface area (Å²) in [6, 6.07) is 22.8. The van der Waals surface area contributed by atoms with Crippen LogP contribution in [0.3, 0.4) is 0 Å². The minimum Gasteiger partial charge on any atom is -0.351 e. The minimum absolute atomic E-state index is 0.0913. The van der Waals surface area contributed by atoms with E-state index in [0.29, 0.717) is 17.7 Å². The summed E-state index contributed by atoms with van der Waals surface area (Å²) in [4.78, 5) is 23.7. The molecule has 0 spiro atoms. The molecule has 3 aromatic rings. The summed E-state index contributed by atoms with van der Waals surface area (Å²) in [5, 5.41) is 2.90. The number of rotatable bonds is 11. The van der Waals surface area contributed by atoms with Crippen molar-refractivity contribution in [2.24, 2.45) is 0 Å². The number of sulfonamides is 1. The second-order valence-electron chi connectivity index (χ2n) is 7.40. The number of carbonyl (C=O) groups is 2. The lowest BCUT2D eigenvalue weighted by atomic mass is 10.1. The van der Waals surface area contributed by atoms with E-state index in [9.17, 15) is 18.0 Å². The number of nitrogens with one attached hydrogen (secondary N) is 2. The van der Waals surface area contributed by atoms with E-state index in [1.807, 2.05) is 18.2 Å². The molecule has 0 fully saturated rings. The summed E-state index contributed by atoms with van der Waals surface area (Å²) in [7, 11) is -3.71. The zero-order chi connectivity index (χ0) is 23.7. The highest BCUT2D eigenvalue weighted by Crippen LogP contribution is 2.13. The molecule has 0 heterocycles. The highest BCUT2D eigenvalue weighted by Gasteiger charge is 2.14. The van der Waals surface area contributed by atoms with Crippen molar-refractivity contribution in [3.05, 3.63) is 101 Å². The quantitative estimate of drug-likeness (QED) is 0.318. The summed E-state index contributed by atoms with van der Waals surface area (Å²) in [6.45, 7) is 2.09. The van der Waals surface area contributed by atoms with E-state index in [0.717, 1.165) is 17.1 Å². The number of amides is 1. The summed E-state index contributed by atoms with van der Waals surface area (Å²) in [5.74, 6) is 1.44. The van der Waals surface area contributed by atoms with Crippen molar-refractivity contribution in [2.75, 3.05) is 12.3 Å². The third-order valence-electron chi connectivity index (χ3n) is 4.90. The number of benzene rings is 3. The lowest BCUT2D eigenvalue weighted by molar-refractivity contribution is 0.0955. The van der Waals surface area contributed by atoms with Gasteiger partial charge in [0.25, 0.3) is 5.91 Å². The molecule has 8 heteroatoms. The zero-order valence-electron chi connectivity index (χ0n) is 18.3. The fraction of sp³-hybridized carbons (Fsp3) is 0.200. The maximum atomic E-state index is 12.5. The summed E-state index contributed by atoms with van der Waals surface area (Å²) in [5.41, 5.74) is 2.97. The molecular weight excluding hydrogens is 456 g/mol. The number of thioether (sulfide) groups is 1. The molecule has 0 aliphatic carbocycles. The van der Waals surface area contributed by atoms with Gasteiger partial charge in [-0.05, 0) is 42.3 Å². The average molecular weight is 483 g/mol. The number of ketones is 1. The monoisotopic (exact) mass is 482 g/mol. The number of Topliss-reactive ketones (excluding diaryl/α,β-unsaturated/α-hetero) is 1. The minimum atomic E-state index is -3.71. The SMILES string of the molecule is CC(=O)c1ccc(S(=O)(=O)NCc2ccc(C(=O)NCCSCc3ccccc3)cc2)cc1. The van der Waals surface area contributed by atoms with E-state index in [4.69, 9.17) is 0 Å². The van der Waals surface area contributed by atoms with Crippen molar-refractivity contribution < 1.29 is 18.0 Å². The van der Waals surface area contributed by atoms with Crippen LogP contribution in [0.5, 0.6) is 0 Å². The molecule has 172 valence electrons. The van der Waals surface area contributed by atoms with Gasteiger partial charge < -0.3 is 5.32 Å². The van der Waals surface area contributed by atoms with Crippen LogP contribution in [0.1, 0.15) is 38.8 Å². The van der Waals surface area contributed by atoms with Crippen LogP contribution < -0.4 is 10.0 Å². The third-order valence-corrected chi connectivity index (χ3v) is 7.34. The van der Waals surface area contributed by atoms with Crippen molar-refractivity contribution >= 4 is 33.5 Å². The van der Waals surface area contributed by atoms with Gasteiger partial charge in [0.1, 0.15) is 0 Å². The van der Waals surface area contributed by atoms with Crippen LogP contribution in [0.15, 0.2) is 83.8 Å². The van der Waals surface area contributed by atoms with Crippen LogP contribution in [0.2, 0.25) is 0 Å². The van der Waals surface area contributed by atoms with Crippen molar-refractivity contribution in [2.45, 2.75) is 24.1 Å². The zero-order valence-corrected chi connectivity index (χ0v) is 19.9. The molecule has 0 atom stereocenters. The van der Waals surface area contributed by atoms with E-state index in [1.165, 1.54) is 36.8 Å². The normalized spacial score (nSPS) is 11.2. The standard InChI is InChI=1S/C25H26N2O4S2/c1-19(28)22-11-13-24(14-12-22)33(30,31)27-17-20-7-9-23(10-8-20)25(29)26-15-16-32-18-21-5-3-2-4-6-21/h2-14,27H,15-18H2,1H3,(H,26,29). The molecule has 33 heavy (non-hydrogen) atoms. The molecule has 0 aromatic heterocycles. The van der Waals surface area contributed by atoms with Crippen LogP contribution in [0, 0.1) is 0 Å². The fourth-order valence-electron chi connectivity index (χ4n) is 3.01. The Morgan fingerprint density at radius 2 is 1.45 bits per heavy atom. The summed E-state index contributed by atoms with van der Waals surface area (Å²) in [6.07, 6.45) is 0. The lowest BCUT2D eigenvalue weighted by Gasteiger charge is -2.09. The Labute approximate surface area is 198 Å². The van der Waals surface area contributed by atoms with Gasteiger partial charge >= 0.3 is 0 Å². The highest BCUT2D eigenvalue weighted by molar-refractivity contribution is 7.98. The van der Waals surface area contributed by atoms with Crippen molar-refractivity contribution in [3.8, 4) is 0 Å². The Hall–Kier alpha value is -2.94. The van der Waals surface area contributed by atoms with Gasteiger partial charge in [0.15, 0.2) is 5.78 Å². The molecule has 0 aliphatic rings. The molecule has 0 saturated heterocycles. The van der Waals surface area contributed by atoms with Gasteiger partial charge in [-0.1, -0.05) is 54.6 Å². The van der Waals surface area contributed by atoms with Crippen molar-refractivity contribution in [1.82, 2.24) is 10.0 Å². The van der Waals surface area contributed by atoms with Crippen molar-refractivity contribution in [3.63, 3.8) is 0 Å². The van der Waals surface area contributed by atoms with Gasteiger partial charge in [0.2, 0.25) is 10.0 Å². The molecule has 0 saturated carbocycles. The van der Waals surface area contributed by atoms with Crippen LogP contribution in [0.25, 0.3) is 0 Å². The first kappa shape index (κ1) is 24.7. The maximum Gasteiger partial charge on any atom is 0.251 e. The molecule has 0 unspecified atom stereocenters. The second kappa shape index (κ2) is 11.8. The van der Waals surface area contributed by atoms with Crippen LogP contribution in [-0.2, 0) is 22.3 Å². The van der Waals surface area contributed by atoms with E-state index >= 15 is 0 Å². The van der Waals surface area contributed by atoms with E-state index in [-0.39, 0.29) is 23.1 Å². The van der Waals surface area contributed by atoms with Gasteiger partial charge in [-0.15, -0.1) is 0 Å². The Morgan fingerprint density at radius 1 is 0.818 bits per heavy atom. The fourth-order valence-corrected chi connectivity index (χ4v) is 4.84. The Balaban J connectivity index is 1.44. The van der Waals surface area contributed by atoms with Gasteiger partial charge in [0, 0.05) is 35.7 Å². The first-order valence-electron chi connectivity index (χ1n) is 10.4. The molecule has 0 radical (unpaired) electrons. The molecule has 3 rings (SSSR count). The molecule has 0 bridgehead atoms. The van der Waals surface area contributed by atoms with Crippen LogP contribution in [0.4, 0.5) is 0 Å². The molecule has 3 aromatic carbocycles. The van der Waals surface area contributed by atoms with Crippen LogP contribution >= 0.6 is 11.8 Å². The first-order valence-corrected chi connectivity index (χ1v) is 13.1. The predicted molar refractivity (Wildman–Crippen MR) is 132 cm³/mol. The number of carbonyl (C=O) groups excluding carboxylic acids is 2. The largest absolute Gasteiger partial charge is 0.351 e. The first-order chi connectivity index (χ1) is 15.8. The number of hydrogen-bond donors (Lipinski definition) is 2. The molecule has 1 amide bonds. The molecule has 0 aliphatic heterocycles. The van der Waals surface area contributed by atoms with Crippen molar-refractivity contribution in [1.29, 1.82) is 0 Å². The Bertz CT molecular complexity index is 1180. The molecular formula is C25H26N2O4S2. The third kappa shape index (κ3) is 7.56. The second-order valence-corrected chi connectivity index (χ2v) is 10.3. The topological polar surface area (TPSA) is 92.3 Å². The van der Waals surface area contributed by atoms with E-state index < -0.39 is 10.0 Å².